The smallest absolute Gasteiger partial charge is 0.274 e. The van der Waals surface area contributed by atoms with Crippen molar-refractivity contribution < 1.29 is 18.4 Å². The number of hydrogen-bond donors (Lipinski definition) is 3. The summed E-state index contributed by atoms with van der Waals surface area (Å²) in [6.07, 6.45) is 0.497. The summed E-state index contributed by atoms with van der Waals surface area (Å²) >= 11 is 0. The van der Waals surface area contributed by atoms with Crippen molar-refractivity contribution in [3.63, 3.8) is 0 Å². The molecule has 24 heavy (non-hydrogen) atoms. The fourth-order valence-corrected chi connectivity index (χ4v) is 4.74. The third-order valence-electron chi connectivity index (χ3n) is 4.21. The zero-order chi connectivity index (χ0) is 17.5. The lowest BCUT2D eigenvalue weighted by atomic mass is 9.98. The van der Waals surface area contributed by atoms with Crippen LogP contribution >= 0.6 is 0 Å². The molecular formula is C15H18N4O4S. The molecule has 0 unspecified atom stereocenters. The van der Waals surface area contributed by atoms with E-state index < -0.39 is 15.9 Å². The Morgan fingerprint density at radius 1 is 1.33 bits per heavy atom. The van der Waals surface area contributed by atoms with Gasteiger partial charge in [0.05, 0.1) is 11.4 Å². The van der Waals surface area contributed by atoms with E-state index in [1.54, 1.807) is 37.5 Å². The lowest BCUT2D eigenvalue weighted by Crippen LogP contribution is -2.36. The van der Waals surface area contributed by atoms with Crippen molar-refractivity contribution >= 4 is 15.9 Å². The van der Waals surface area contributed by atoms with Crippen LogP contribution in [0.2, 0.25) is 0 Å². The first-order valence-electron chi connectivity index (χ1n) is 7.42. The molecule has 2 heterocycles. The topological polar surface area (TPSA) is 115 Å². The molecule has 0 radical (unpaired) electrons. The number of hydroxylamine groups is 1. The number of aromatic nitrogens is 2. The molecule has 1 aliphatic heterocycles. The average Bonchev–Trinajstić information content (AvgIpc) is 2.92. The summed E-state index contributed by atoms with van der Waals surface area (Å²) in [6.45, 7) is 3.91. The highest BCUT2D eigenvalue weighted by atomic mass is 32.2. The lowest BCUT2D eigenvalue weighted by molar-refractivity contribution is 0.0706. The Hall–Kier alpha value is -2.23. The highest BCUT2D eigenvalue weighted by Crippen LogP contribution is 2.28. The molecule has 0 fully saturated rings. The maximum atomic E-state index is 12.9. The maximum absolute atomic E-state index is 12.9. The van der Waals surface area contributed by atoms with E-state index in [9.17, 15) is 13.2 Å². The first-order chi connectivity index (χ1) is 11.3. The predicted octanol–water partition coefficient (Wildman–Crippen LogP) is 0.893. The summed E-state index contributed by atoms with van der Waals surface area (Å²) in [5, 5.41) is 15.4. The van der Waals surface area contributed by atoms with Crippen LogP contribution in [0.5, 0.6) is 0 Å². The summed E-state index contributed by atoms with van der Waals surface area (Å²) in [7, 11) is -3.63. The third-order valence-corrected chi connectivity index (χ3v) is 6.31. The number of rotatable bonds is 3. The third kappa shape index (κ3) is 2.70. The molecule has 9 heteroatoms. The molecule has 0 spiro atoms. The number of carbonyl (C=O) groups is 1. The van der Waals surface area contributed by atoms with Crippen LogP contribution in [0.1, 0.15) is 32.9 Å². The molecule has 1 aliphatic rings. The number of sulfonamides is 1. The van der Waals surface area contributed by atoms with E-state index >= 15 is 0 Å². The van der Waals surface area contributed by atoms with Gasteiger partial charge < -0.3 is 0 Å². The quantitative estimate of drug-likeness (QED) is 0.562. The largest absolute Gasteiger partial charge is 0.288 e. The van der Waals surface area contributed by atoms with E-state index in [1.807, 2.05) is 0 Å². The van der Waals surface area contributed by atoms with Gasteiger partial charge in [0.1, 0.15) is 4.90 Å². The number of amides is 1. The second-order valence-electron chi connectivity index (χ2n) is 5.78. The van der Waals surface area contributed by atoms with Crippen LogP contribution in [-0.2, 0) is 23.0 Å². The van der Waals surface area contributed by atoms with Crippen LogP contribution in [0.3, 0.4) is 0 Å². The van der Waals surface area contributed by atoms with Crippen molar-refractivity contribution in [3.8, 4) is 0 Å². The summed E-state index contributed by atoms with van der Waals surface area (Å²) in [6, 6.07) is 4.96. The molecule has 0 atom stereocenters. The Kier molecular flexibility index (Phi) is 4.16. The van der Waals surface area contributed by atoms with Gasteiger partial charge in [-0.1, -0.05) is 6.07 Å². The summed E-state index contributed by atoms with van der Waals surface area (Å²) in [5.41, 5.74) is 4.66. The Morgan fingerprint density at radius 2 is 2.08 bits per heavy atom. The first kappa shape index (κ1) is 16.6. The van der Waals surface area contributed by atoms with Gasteiger partial charge in [0.25, 0.3) is 5.91 Å². The first-order valence-corrected chi connectivity index (χ1v) is 8.86. The van der Waals surface area contributed by atoms with Crippen LogP contribution in [0.4, 0.5) is 0 Å². The van der Waals surface area contributed by atoms with Crippen LogP contribution < -0.4 is 5.48 Å². The molecule has 1 aromatic heterocycles. The van der Waals surface area contributed by atoms with Gasteiger partial charge >= 0.3 is 0 Å². The summed E-state index contributed by atoms with van der Waals surface area (Å²) < 4.78 is 27.2. The monoisotopic (exact) mass is 350 g/mol. The Labute approximate surface area is 139 Å². The van der Waals surface area contributed by atoms with Gasteiger partial charge in [-0.3, -0.25) is 15.1 Å². The number of fused-ring (bicyclic) bond motifs is 1. The molecule has 3 rings (SSSR count). The van der Waals surface area contributed by atoms with Crippen LogP contribution in [0.25, 0.3) is 0 Å². The predicted molar refractivity (Wildman–Crippen MR) is 85.1 cm³/mol. The van der Waals surface area contributed by atoms with Crippen molar-refractivity contribution in [1.29, 1.82) is 0 Å². The molecule has 2 aromatic rings. The second kappa shape index (κ2) is 6.00. The average molecular weight is 350 g/mol. The number of nitrogens with one attached hydrogen (secondary N) is 2. The van der Waals surface area contributed by atoms with Crippen LogP contribution in [0, 0.1) is 13.8 Å². The molecule has 3 N–H and O–H groups in total. The zero-order valence-electron chi connectivity index (χ0n) is 13.3. The molecule has 0 saturated carbocycles. The molecule has 0 bridgehead atoms. The number of aromatic amines is 1. The van der Waals surface area contributed by atoms with E-state index in [-0.39, 0.29) is 11.4 Å². The van der Waals surface area contributed by atoms with Crippen molar-refractivity contribution in [2.45, 2.75) is 31.7 Å². The molecule has 1 aromatic carbocycles. The number of H-pyrrole nitrogens is 1. The van der Waals surface area contributed by atoms with Crippen LogP contribution in [-0.4, -0.2) is 40.6 Å². The number of benzene rings is 1. The van der Waals surface area contributed by atoms with E-state index in [2.05, 4.69) is 10.2 Å². The van der Waals surface area contributed by atoms with Gasteiger partial charge in [-0.25, -0.2) is 13.9 Å². The van der Waals surface area contributed by atoms with Crippen molar-refractivity contribution in [1.82, 2.24) is 20.0 Å². The molecule has 0 saturated heterocycles. The second-order valence-corrected chi connectivity index (χ2v) is 7.65. The van der Waals surface area contributed by atoms with Crippen molar-refractivity contribution in [2.75, 3.05) is 6.54 Å². The molecule has 0 aliphatic carbocycles. The number of carbonyl (C=O) groups excluding carboxylic acids is 1. The lowest BCUT2D eigenvalue weighted by Gasteiger charge is -2.28. The number of aryl methyl sites for hydroxylation is 2. The van der Waals surface area contributed by atoms with E-state index in [0.717, 1.165) is 11.1 Å². The van der Waals surface area contributed by atoms with E-state index in [0.29, 0.717) is 29.9 Å². The minimum Gasteiger partial charge on any atom is -0.288 e. The summed E-state index contributed by atoms with van der Waals surface area (Å²) in [5.74, 6) is -0.586. The van der Waals surface area contributed by atoms with Gasteiger partial charge in [-0.2, -0.15) is 9.40 Å². The fourth-order valence-electron chi connectivity index (χ4n) is 2.99. The molecule has 128 valence electrons. The minimum atomic E-state index is -3.63. The highest BCUT2D eigenvalue weighted by molar-refractivity contribution is 7.89. The standard InChI is InChI=1S/C15H18N4O4S/c1-9-14(10(2)17-16-9)24(22,23)19-6-5-11-7-12(15(20)18-21)3-4-13(11)8-19/h3-4,7,21H,5-6,8H2,1-2H3,(H,16,17)(H,18,20). The van der Waals surface area contributed by atoms with Gasteiger partial charge in [0, 0.05) is 18.7 Å². The van der Waals surface area contributed by atoms with Crippen LogP contribution in [0.15, 0.2) is 23.1 Å². The Morgan fingerprint density at radius 3 is 2.71 bits per heavy atom. The number of hydrogen-bond acceptors (Lipinski definition) is 5. The Bertz CT molecular complexity index is 885. The van der Waals surface area contributed by atoms with Crippen molar-refractivity contribution in [2.24, 2.45) is 0 Å². The van der Waals surface area contributed by atoms with E-state index in [4.69, 9.17) is 5.21 Å². The zero-order valence-corrected chi connectivity index (χ0v) is 14.1. The highest BCUT2D eigenvalue weighted by Gasteiger charge is 2.32. The van der Waals surface area contributed by atoms with E-state index in [1.165, 1.54) is 4.31 Å². The maximum Gasteiger partial charge on any atom is 0.274 e. The Balaban J connectivity index is 1.92. The molecule has 8 nitrogen and oxygen atoms in total. The van der Waals surface area contributed by atoms with Gasteiger partial charge in [-0.05, 0) is 43.5 Å². The van der Waals surface area contributed by atoms with Crippen molar-refractivity contribution in [3.05, 3.63) is 46.3 Å². The van der Waals surface area contributed by atoms with Gasteiger partial charge in [-0.15, -0.1) is 0 Å². The van der Waals surface area contributed by atoms with Gasteiger partial charge in [0.15, 0.2) is 0 Å². The number of nitrogens with zero attached hydrogens (tertiary/aromatic N) is 2. The fraction of sp³-hybridized carbons (Fsp3) is 0.333. The SMILES string of the molecule is Cc1n[nH]c(C)c1S(=O)(=O)N1CCc2cc(C(=O)NO)ccc2C1. The normalized spacial score (nSPS) is 15.1. The molecular weight excluding hydrogens is 332 g/mol. The molecule has 1 amide bonds. The summed E-state index contributed by atoms with van der Waals surface area (Å²) in [4.78, 5) is 11.7. The van der Waals surface area contributed by atoms with Gasteiger partial charge in [0.2, 0.25) is 10.0 Å². The minimum absolute atomic E-state index is 0.224.